The Balaban J connectivity index is 0.00000261. The van der Waals surface area contributed by atoms with Gasteiger partial charge in [-0.25, -0.2) is 8.42 Å². The normalized spacial score (nSPS) is 16.7. The van der Waals surface area contributed by atoms with Crippen LogP contribution in [0.5, 0.6) is 0 Å². The van der Waals surface area contributed by atoms with Crippen molar-refractivity contribution in [1.29, 1.82) is 0 Å². The molecule has 6 nitrogen and oxygen atoms in total. The number of nitrogens with one attached hydrogen (secondary N) is 1. The summed E-state index contributed by atoms with van der Waals surface area (Å²) in [5, 5.41) is 0.310. The first-order valence-electron chi connectivity index (χ1n) is 8.31. The average Bonchev–Trinajstić information content (AvgIpc) is 3.12. The molecule has 0 aromatic heterocycles. The van der Waals surface area contributed by atoms with E-state index in [2.05, 4.69) is 4.72 Å². The van der Waals surface area contributed by atoms with Crippen molar-refractivity contribution in [3.8, 4) is 0 Å². The Kier molecular flexibility index (Phi) is 7.11. The lowest BCUT2D eigenvalue weighted by Gasteiger charge is -2.23. The fourth-order valence-electron chi connectivity index (χ4n) is 3.04. The zero-order valence-electron chi connectivity index (χ0n) is 14.5. The van der Waals surface area contributed by atoms with Crippen LogP contribution in [-0.4, -0.2) is 38.4 Å². The second kappa shape index (κ2) is 8.93. The van der Waals surface area contributed by atoms with E-state index in [4.69, 9.17) is 17.3 Å². The molecule has 1 atom stereocenters. The number of sulfonamides is 1. The van der Waals surface area contributed by atoms with Crippen molar-refractivity contribution in [1.82, 2.24) is 4.90 Å². The molecule has 1 saturated heterocycles. The lowest BCUT2D eigenvalue weighted by atomic mass is 10.1. The summed E-state index contributed by atoms with van der Waals surface area (Å²) >= 11 is 6.00. The molecule has 2 aromatic rings. The largest absolute Gasteiger partial charge is 0.334 e. The van der Waals surface area contributed by atoms with E-state index < -0.39 is 10.0 Å². The van der Waals surface area contributed by atoms with Crippen LogP contribution >= 0.6 is 24.0 Å². The third-order valence-corrected chi connectivity index (χ3v) is 6.15. The first-order valence-corrected chi connectivity index (χ1v) is 10.2. The quantitative estimate of drug-likeness (QED) is 0.763. The zero-order chi connectivity index (χ0) is 18.7. The number of amides is 1. The average molecular weight is 430 g/mol. The highest BCUT2D eigenvalue weighted by Crippen LogP contribution is 2.25. The molecular formula is C18H21Cl2N3O3S. The molecule has 1 amide bonds. The Hall–Kier alpha value is -1.80. The number of nitrogens with zero attached hydrogens (tertiary/aromatic N) is 1. The molecule has 3 rings (SSSR count). The summed E-state index contributed by atoms with van der Waals surface area (Å²) in [6, 6.07) is 12.5. The summed E-state index contributed by atoms with van der Waals surface area (Å²) in [6.45, 7) is 1.11. The Morgan fingerprint density at radius 1 is 1.19 bits per heavy atom. The molecule has 0 aliphatic carbocycles. The summed E-state index contributed by atoms with van der Waals surface area (Å²) < 4.78 is 27.5. The first kappa shape index (κ1) is 21.5. The van der Waals surface area contributed by atoms with Crippen molar-refractivity contribution in [2.75, 3.05) is 17.8 Å². The van der Waals surface area contributed by atoms with Gasteiger partial charge in [-0.2, -0.15) is 0 Å². The van der Waals surface area contributed by atoms with Gasteiger partial charge < -0.3 is 10.6 Å². The minimum atomic E-state index is -3.79. The lowest BCUT2D eigenvalue weighted by molar-refractivity contribution is 0.0741. The summed E-state index contributed by atoms with van der Waals surface area (Å²) in [6.07, 6.45) is 1.83. The molecule has 1 aliphatic heterocycles. The standard InChI is InChI=1S/C18H20ClN3O3S.ClH/c19-16-5-1-2-6-17(16)21-26(24,25)15-9-7-13(8-10-15)18(23)22-11-3-4-14(22)12-20;/h1-2,5-10,14,21H,3-4,11-12,20H2;1H. The SMILES string of the molecule is Cl.NCC1CCCN1C(=O)c1ccc(S(=O)(=O)Nc2ccccc2Cl)cc1. The highest BCUT2D eigenvalue weighted by Gasteiger charge is 2.28. The molecule has 0 bridgehead atoms. The number of anilines is 1. The van der Waals surface area contributed by atoms with Gasteiger partial charge in [-0.05, 0) is 49.2 Å². The maximum Gasteiger partial charge on any atom is 0.261 e. The predicted octanol–water partition coefficient (Wildman–Crippen LogP) is 3.13. The van der Waals surface area contributed by atoms with Crippen LogP contribution in [0.4, 0.5) is 5.69 Å². The fraction of sp³-hybridized carbons (Fsp3) is 0.278. The van der Waals surface area contributed by atoms with Crippen LogP contribution in [0.3, 0.4) is 0 Å². The van der Waals surface area contributed by atoms with Gasteiger partial charge in [0.1, 0.15) is 0 Å². The minimum absolute atomic E-state index is 0. The third kappa shape index (κ3) is 4.73. The number of hydrogen-bond donors (Lipinski definition) is 2. The second-order valence-electron chi connectivity index (χ2n) is 6.14. The van der Waals surface area contributed by atoms with E-state index in [0.717, 1.165) is 12.8 Å². The number of hydrogen-bond acceptors (Lipinski definition) is 4. The zero-order valence-corrected chi connectivity index (χ0v) is 16.9. The lowest BCUT2D eigenvalue weighted by Crippen LogP contribution is -2.39. The van der Waals surface area contributed by atoms with Crippen molar-refractivity contribution in [3.05, 3.63) is 59.1 Å². The van der Waals surface area contributed by atoms with E-state index in [9.17, 15) is 13.2 Å². The molecule has 27 heavy (non-hydrogen) atoms. The molecule has 3 N–H and O–H groups in total. The maximum absolute atomic E-state index is 12.6. The fourth-order valence-corrected chi connectivity index (χ4v) is 4.36. The number of rotatable bonds is 5. The van der Waals surface area contributed by atoms with E-state index in [1.165, 1.54) is 24.3 Å². The summed E-state index contributed by atoms with van der Waals surface area (Å²) in [7, 11) is -3.79. The van der Waals surface area contributed by atoms with Gasteiger partial charge in [-0.15, -0.1) is 12.4 Å². The van der Waals surface area contributed by atoms with Gasteiger partial charge in [0.15, 0.2) is 0 Å². The number of halogens is 2. The van der Waals surface area contributed by atoms with E-state index in [1.54, 1.807) is 29.2 Å². The third-order valence-electron chi connectivity index (χ3n) is 4.44. The highest BCUT2D eigenvalue weighted by atomic mass is 35.5. The number of carbonyl (C=O) groups is 1. The Bertz CT molecular complexity index is 904. The smallest absolute Gasteiger partial charge is 0.261 e. The Labute approximate surface area is 170 Å². The van der Waals surface area contributed by atoms with Crippen LogP contribution in [0.25, 0.3) is 0 Å². The number of benzene rings is 2. The molecule has 0 saturated carbocycles. The predicted molar refractivity (Wildman–Crippen MR) is 109 cm³/mol. The van der Waals surface area contributed by atoms with Crippen molar-refractivity contribution in [2.24, 2.45) is 5.73 Å². The summed E-state index contributed by atoms with van der Waals surface area (Å²) in [5.41, 5.74) is 6.46. The maximum atomic E-state index is 12.6. The Morgan fingerprint density at radius 3 is 2.48 bits per heavy atom. The molecule has 1 aliphatic rings. The van der Waals surface area contributed by atoms with Crippen LogP contribution in [0.15, 0.2) is 53.4 Å². The molecule has 0 spiro atoms. The van der Waals surface area contributed by atoms with Crippen molar-refractivity contribution in [2.45, 2.75) is 23.8 Å². The number of nitrogens with two attached hydrogens (primary N) is 1. The van der Waals surface area contributed by atoms with Crippen molar-refractivity contribution < 1.29 is 13.2 Å². The molecule has 1 fully saturated rings. The van der Waals surface area contributed by atoms with Gasteiger partial charge in [0.05, 0.1) is 15.6 Å². The monoisotopic (exact) mass is 429 g/mol. The van der Waals surface area contributed by atoms with Gasteiger partial charge in [-0.1, -0.05) is 23.7 Å². The van der Waals surface area contributed by atoms with Crippen LogP contribution in [0.1, 0.15) is 23.2 Å². The highest BCUT2D eigenvalue weighted by molar-refractivity contribution is 7.92. The molecule has 1 heterocycles. The molecule has 1 unspecified atom stereocenters. The van der Waals surface area contributed by atoms with Gasteiger partial charge in [0.2, 0.25) is 0 Å². The molecular weight excluding hydrogens is 409 g/mol. The second-order valence-corrected chi connectivity index (χ2v) is 8.23. The molecule has 2 aromatic carbocycles. The first-order chi connectivity index (χ1) is 12.4. The van der Waals surface area contributed by atoms with Crippen LogP contribution < -0.4 is 10.5 Å². The Morgan fingerprint density at radius 2 is 1.85 bits per heavy atom. The number of likely N-dealkylation sites (tertiary alicyclic amines) is 1. The number of carbonyl (C=O) groups excluding carboxylic acids is 1. The van der Waals surface area contributed by atoms with Gasteiger partial charge in [0, 0.05) is 24.7 Å². The molecule has 9 heteroatoms. The van der Waals surface area contributed by atoms with Gasteiger partial charge in [-0.3, -0.25) is 9.52 Å². The van der Waals surface area contributed by atoms with Gasteiger partial charge in [0.25, 0.3) is 15.9 Å². The molecule has 146 valence electrons. The van der Waals surface area contributed by atoms with Gasteiger partial charge >= 0.3 is 0 Å². The van der Waals surface area contributed by atoms with Crippen LogP contribution in [0.2, 0.25) is 5.02 Å². The minimum Gasteiger partial charge on any atom is -0.334 e. The topological polar surface area (TPSA) is 92.5 Å². The van der Waals surface area contributed by atoms with E-state index in [-0.39, 0.29) is 29.3 Å². The van der Waals surface area contributed by atoms with Crippen molar-refractivity contribution in [3.63, 3.8) is 0 Å². The molecule has 0 radical (unpaired) electrons. The summed E-state index contributed by atoms with van der Waals surface area (Å²) in [4.78, 5) is 14.4. The van der Waals surface area contributed by atoms with Crippen molar-refractivity contribution >= 4 is 45.6 Å². The van der Waals surface area contributed by atoms with E-state index >= 15 is 0 Å². The van der Waals surface area contributed by atoms with Crippen LogP contribution in [0, 0.1) is 0 Å². The summed E-state index contributed by atoms with van der Waals surface area (Å²) in [5.74, 6) is -0.124. The van der Waals surface area contributed by atoms with E-state index in [1.807, 2.05) is 0 Å². The van der Waals surface area contributed by atoms with Crippen LogP contribution in [-0.2, 0) is 10.0 Å². The van der Waals surface area contributed by atoms with E-state index in [0.29, 0.717) is 29.4 Å². The number of para-hydroxylation sites is 1.